The van der Waals surface area contributed by atoms with E-state index in [1.807, 2.05) is 49.6 Å². The summed E-state index contributed by atoms with van der Waals surface area (Å²) in [5.74, 6) is 1.28. The lowest BCUT2D eigenvalue weighted by Crippen LogP contribution is -2.43. The summed E-state index contributed by atoms with van der Waals surface area (Å²) in [7, 11) is 0. The molecule has 7 nitrogen and oxygen atoms in total. The van der Waals surface area contributed by atoms with E-state index in [0.717, 1.165) is 78.4 Å². The standard InChI is InChI=1S/C29H31N5O2.ClH/c1-2-26-31-28(32-36-26)23-10-6-11-24-27(23)22-12-15-30-20-25(22)34(24)17-7-16-33-18-13-29(35,14-19-33)21-8-4-3-5-9-21;/h3-6,8-12,15,20,35H,2,7,13-14,16-19H2,1H3;1H. The third kappa shape index (κ3) is 4.75. The minimum Gasteiger partial charge on any atom is -0.385 e. The molecule has 0 amide bonds. The van der Waals surface area contributed by atoms with Gasteiger partial charge in [0.05, 0.1) is 17.3 Å². The predicted octanol–water partition coefficient (Wildman–Crippen LogP) is 5.60. The van der Waals surface area contributed by atoms with Crippen molar-refractivity contribution in [3.05, 3.63) is 78.4 Å². The van der Waals surface area contributed by atoms with E-state index in [1.165, 1.54) is 0 Å². The van der Waals surface area contributed by atoms with E-state index in [4.69, 9.17) is 4.52 Å². The predicted molar refractivity (Wildman–Crippen MR) is 148 cm³/mol. The zero-order valence-corrected chi connectivity index (χ0v) is 21.8. The van der Waals surface area contributed by atoms with Gasteiger partial charge >= 0.3 is 0 Å². The lowest BCUT2D eigenvalue weighted by atomic mass is 9.84. The van der Waals surface area contributed by atoms with Gasteiger partial charge in [0.2, 0.25) is 11.7 Å². The Bertz CT molecular complexity index is 1490. The molecule has 0 bridgehead atoms. The van der Waals surface area contributed by atoms with E-state index in [-0.39, 0.29) is 12.4 Å². The molecule has 1 N–H and O–H groups in total. The third-order valence-corrected chi connectivity index (χ3v) is 7.56. The highest BCUT2D eigenvalue weighted by Crippen LogP contribution is 2.36. The average molecular weight is 518 g/mol. The number of benzene rings is 2. The number of piperidine rings is 1. The van der Waals surface area contributed by atoms with E-state index in [0.29, 0.717) is 18.1 Å². The average Bonchev–Trinajstić information content (AvgIpc) is 3.54. The number of pyridine rings is 1. The van der Waals surface area contributed by atoms with E-state index >= 15 is 0 Å². The first kappa shape index (κ1) is 25.4. The van der Waals surface area contributed by atoms with Crippen molar-refractivity contribution in [2.75, 3.05) is 19.6 Å². The highest BCUT2D eigenvalue weighted by Gasteiger charge is 2.33. The fourth-order valence-electron chi connectivity index (χ4n) is 5.56. The molecule has 1 aliphatic rings. The van der Waals surface area contributed by atoms with Gasteiger partial charge in [0.25, 0.3) is 0 Å². The molecule has 0 radical (unpaired) electrons. The molecule has 2 aromatic carbocycles. The molecule has 0 atom stereocenters. The Kier molecular flexibility index (Phi) is 7.29. The van der Waals surface area contributed by atoms with Gasteiger partial charge in [-0.3, -0.25) is 4.98 Å². The Morgan fingerprint density at radius 3 is 2.54 bits per heavy atom. The third-order valence-electron chi connectivity index (χ3n) is 7.56. The summed E-state index contributed by atoms with van der Waals surface area (Å²) in [6.45, 7) is 5.71. The van der Waals surface area contributed by atoms with Crippen LogP contribution in [0, 0.1) is 0 Å². The molecular weight excluding hydrogens is 486 g/mol. The van der Waals surface area contributed by atoms with Crippen LogP contribution in [0.4, 0.5) is 0 Å². The lowest BCUT2D eigenvalue weighted by Gasteiger charge is -2.38. The Morgan fingerprint density at radius 1 is 0.973 bits per heavy atom. The lowest BCUT2D eigenvalue weighted by molar-refractivity contribution is -0.0261. The second-order valence-corrected chi connectivity index (χ2v) is 9.70. The van der Waals surface area contributed by atoms with Gasteiger partial charge in [0, 0.05) is 54.1 Å². The van der Waals surface area contributed by atoms with Crippen LogP contribution in [0.15, 0.2) is 71.5 Å². The summed E-state index contributed by atoms with van der Waals surface area (Å²) < 4.78 is 7.77. The van der Waals surface area contributed by atoms with Crippen molar-refractivity contribution >= 4 is 34.2 Å². The van der Waals surface area contributed by atoms with Crippen LogP contribution in [0.1, 0.15) is 37.6 Å². The molecule has 6 rings (SSSR count). The molecule has 0 spiro atoms. The molecule has 0 saturated carbocycles. The molecule has 1 saturated heterocycles. The molecule has 0 unspecified atom stereocenters. The van der Waals surface area contributed by atoms with Gasteiger partial charge in [-0.1, -0.05) is 54.5 Å². The number of halogens is 1. The van der Waals surface area contributed by atoms with E-state index in [9.17, 15) is 5.11 Å². The van der Waals surface area contributed by atoms with Crippen molar-refractivity contribution < 1.29 is 9.63 Å². The fraction of sp³-hybridized carbons (Fsp3) is 0.345. The van der Waals surface area contributed by atoms with E-state index in [2.05, 4.69) is 48.9 Å². The number of aliphatic hydroxyl groups is 1. The Morgan fingerprint density at radius 2 is 1.78 bits per heavy atom. The first-order chi connectivity index (χ1) is 17.7. The number of hydrogen-bond donors (Lipinski definition) is 1. The van der Waals surface area contributed by atoms with Gasteiger partial charge in [-0.2, -0.15) is 4.98 Å². The molecule has 0 aliphatic carbocycles. The normalized spacial score (nSPS) is 15.7. The topological polar surface area (TPSA) is 80.2 Å². The quantitative estimate of drug-likeness (QED) is 0.303. The second kappa shape index (κ2) is 10.6. The maximum Gasteiger partial charge on any atom is 0.226 e. The van der Waals surface area contributed by atoms with Crippen molar-refractivity contribution in [1.82, 2.24) is 24.6 Å². The van der Waals surface area contributed by atoms with Crippen molar-refractivity contribution in [3.8, 4) is 11.4 Å². The monoisotopic (exact) mass is 517 g/mol. The largest absolute Gasteiger partial charge is 0.385 e. The van der Waals surface area contributed by atoms with Crippen LogP contribution in [0.3, 0.4) is 0 Å². The number of hydrogen-bond acceptors (Lipinski definition) is 6. The van der Waals surface area contributed by atoms with Crippen LogP contribution in [-0.2, 0) is 18.6 Å². The fourth-order valence-corrected chi connectivity index (χ4v) is 5.56. The SMILES string of the molecule is CCc1nc(-c2cccc3c2c2ccncc2n3CCCN2CCC(O)(c3ccccc3)CC2)no1.Cl. The van der Waals surface area contributed by atoms with Gasteiger partial charge in [0.1, 0.15) is 0 Å². The molecular formula is C29H32ClN5O2. The van der Waals surface area contributed by atoms with Crippen molar-refractivity contribution in [2.24, 2.45) is 0 Å². The molecule has 3 aromatic heterocycles. The smallest absolute Gasteiger partial charge is 0.226 e. The van der Waals surface area contributed by atoms with Crippen molar-refractivity contribution in [1.29, 1.82) is 0 Å². The molecule has 1 aliphatic heterocycles. The first-order valence-electron chi connectivity index (χ1n) is 12.8. The van der Waals surface area contributed by atoms with Crippen LogP contribution in [0.2, 0.25) is 0 Å². The number of aryl methyl sites for hydroxylation is 2. The molecule has 5 aromatic rings. The van der Waals surface area contributed by atoms with Crippen LogP contribution in [0.25, 0.3) is 33.2 Å². The first-order valence-corrected chi connectivity index (χ1v) is 12.8. The molecule has 1 fully saturated rings. The van der Waals surface area contributed by atoms with E-state index < -0.39 is 5.60 Å². The molecule has 4 heterocycles. The summed E-state index contributed by atoms with van der Waals surface area (Å²) in [5.41, 5.74) is 3.60. The van der Waals surface area contributed by atoms with Crippen molar-refractivity contribution in [2.45, 2.75) is 44.8 Å². The number of rotatable bonds is 7. The summed E-state index contributed by atoms with van der Waals surface area (Å²) in [4.78, 5) is 11.5. The zero-order valence-electron chi connectivity index (χ0n) is 21.0. The van der Waals surface area contributed by atoms with Crippen LogP contribution >= 0.6 is 12.4 Å². The summed E-state index contributed by atoms with van der Waals surface area (Å²) in [6.07, 6.45) is 7.07. The minimum atomic E-state index is -0.709. The highest BCUT2D eigenvalue weighted by molar-refractivity contribution is 6.14. The Labute approximate surface area is 222 Å². The highest BCUT2D eigenvalue weighted by atomic mass is 35.5. The number of nitrogens with zero attached hydrogens (tertiary/aromatic N) is 5. The Hall–Kier alpha value is -3.26. The molecule has 37 heavy (non-hydrogen) atoms. The van der Waals surface area contributed by atoms with Gasteiger partial charge < -0.3 is 19.1 Å². The maximum absolute atomic E-state index is 11.2. The number of aromatic nitrogens is 4. The maximum atomic E-state index is 11.2. The minimum absolute atomic E-state index is 0. The molecule has 192 valence electrons. The number of fused-ring (bicyclic) bond motifs is 3. The van der Waals surface area contributed by atoms with Gasteiger partial charge in [-0.05, 0) is 43.5 Å². The van der Waals surface area contributed by atoms with Crippen LogP contribution in [0.5, 0.6) is 0 Å². The Balaban J connectivity index is 0.00000280. The van der Waals surface area contributed by atoms with Gasteiger partial charge in [0.15, 0.2) is 0 Å². The number of likely N-dealkylation sites (tertiary alicyclic amines) is 1. The van der Waals surface area contributed by atoms with E-state index in [1.54, 1.807) is 0 Å². The van der Waals surface area contributed by atoms with Crippen LogP contribution in [-0.4, -0.2) is 49.3 Å². The summed E-state index contributed by atoms with van der Waals surface area (Å²) in [6, 6.07) is 18.5. The molecule has 8 heteroatoms. The summed E-state index contributed by atoms with van der Waals surface area (Å²) in [5, 5.41) is 17.7. The summed E-state index contributed by atoms with van der Waals surface area (Å²) >= 11 is 0. The van der Waals surface area contributed by atoms with Gasteiger partial charge in [-0.15, -0.1) is 12.4 Å². The zero-order chi connectivity index (χ0) is 24.5. The van der Waals surface area contributed by atoms with Crippen LogP contribution < -0.4 is 0 Å². The van der Waals surface area contributed by atoms with Gasteiger partial charge in [-0.25, -0.2) is 0 Å². The van der Waals surface area contributed by atoms with Crippen molar-refractivity contribution in [3.63, 3.8) is 0 Å². The second-order valence-electron chi connectivity index (χ2n) is 9.70.